The van der Waals surface area contributed by atoms with Crippen molar-refractivity contribution in [2.75, 3.05) is 7.05 Å². The predicted molar refractivity (Wildman–Crippen MR) is 63.2 cm³/mol. The molecular formula is C12H15BrFN. The first-order valence-electron chi connectivity index (χ1n) is 5.33. The second-order valence-electron chi connectivity index (χ2n) is 4.19. The van der Waals surface area contributed by atoms with Crippen molar-refractivity contribution in [1.82, 2.24) is 5.32 Å². The third-order valence-electron chi connectivity index (χ3n) is 2.95. The van der Waals surface area contributed by atoms with E-state index in [1.807, 2.05) is 13.1 Å². The Morgan fingerprint density at radius 3 is 2.87 bits per heavy atom. The van der Waals surface area contributed by atoms with Crippen molar-refractivity contribution in [1.29, 1.82) is 0 Å². The van der Waals surface area contributed by atoms with E-state index in [9.17, 15) is 4.39 Å². The van der Waals surface area contributed by atoms with Crippen LogP contribution in [0.15, 0.2) is 22.7 Å². The summed E-state index contributed by atoms with van der Waals surface area (Å²) >= 11 is 3.38. The highest BCUT2D eigenvalue weighted by atomic mass is 79.9. The van der Waals surface area contributed by atoms with Crippen LogP contribution in [0.2, 0.25) is 0 Å². The van der Waals surface area contributed by atoms with Crippen LogP contribution in [0.25, 0.3) is 0 Å². The molecule has 1 unspecified atom stereocenters. The van der Waals surface area contributed by atoms with Gasteiger partial charge in [0.05, 0.1) is 0 Å². The van der Waals surface area contributed by atoms with E-state index in [1.165, 1.54) is 18.9 Å². The monoisotopic (exact) mass is 271 g/mol. The van der Waals surface area contributed by atoms with E-state index in [4.69, 9.17) is 0 Å². The van der Waals surface area contributed by atoms with Gasteiger partial charge in [0.2, 0.25) is 0 Å². The molecule has 1 fully saturated rings. The van der Waals surface area contributed by atoms with Gasteiger partial charge in [-0.1, -0.05) is 28.8 Å². The van der Waals surface area contributed by atoms with Crippen molar-refractivity contribution in [2.45, 2.75) is 25.3 Å². The molecule has 82 valence electrons. The average molecular weight is 272 g/mol. The largest absolute Gasteiger partial charge is 0.313 e. The van der Waals surface area contributed by atoms with E-state index in [2.05, 4.69) is 21.2 Å². The van der Waals surface area contributed by atoms with Crippen LogP contribution in [0, 0.1) is 11.7 Å². The molecule has 1 saturated carbocycles. The molecule has 1 atom stereocenters. The summed E-state index contributed by atoms with van der Waals surface area (Å²) in [5.74, 6) is 0.680. The van der Waals surface area contributed by atoms with Crippen LogP contribution < -0.4 is 5.32 Å². The first-order valence-corrected chi connectivity index (χ1v) is 6.12. The van der Waals surface area contributed by atoms with Gasteiger partial charge in [-0.2, -0.15) is 0 Å². The van der Waals surface area contributed by atoms with E-state index >= 15 is 0 Å². The molecule has 1 aliphatic carbocycles. The summed E-state index contributed by atoms with van der Waals surface area (Å²) in [7, 11) is 1.90. The molecule has 1 aromatic rings. The van der Waals surface area contributed by atoms with Crippen LogP contribution in [0.4, 0.5) is 4.39 Å². The SMILES string of the molecule is CNC(CC1CC1)c1cc(Br)ccc1F. The molecule has 15 heavy (non-hydrogen) atoms. The molecule has 1 aromatic carbocycles. The lowest BCUT2D eigenvalue weighted by atomic mass is 10.0. The van der Waals surface area contributed by atoms with Gasteiger partial charge in [-0.25, -0.2) is 4.39 Å². The van der Waals surface area contributed by atoms with Crippen molar-refractivity contribution in [3.63, 3.8) is 0 Å². The second-order valence-corrected chi connectivity index (χ2v) is 5.10. The van der Waals surface area contributed by atoms with Crippen LogP contribution >= 0.6 is 15.9 Å². The van der Waals surface area contributed by atoms with E-state index < -0.39 is 0 Å². The molecule has 1 N–H and O–H groups in total. The minimum absolute atomic E-state index is 0.113. The zero-order valence-electron chi connectivity index (χ0n) is 8.76. The minimum atomic E-state index is -0.113. The maximum Gasteiger partial charge on any atom is 0.128 e. The molecule has 0 amide bonds. The third-order valence-corrected chi connectivity index (χ3v) is 3.44. The van der Waals surface area contributed by atoms with E-state index in [-0.39, 0.29) is 11.9 Å². The zero-order valence-corrected chi connectivity index (χ0v) is 10.3. The Balaban J connectivity index is 2.19. The van der Waals surface area contributed by atoms with Crippen molar-refractivity contribution in [2.24, 2.45) is 5.92 Å². The van der Waals surface area contributed by atoms with Crippen molar-refractivity contribution in [3.8, 4) is 0 Å². The fourth-order valence-corrected chi connectivity index (χ4v) is 2.25. The number of rotatable bonds is 4. The Bertz CT molecular complexity index is 349. The van der Waals surface area contributed by atoms with E-state index in [0.717, 1.165) is 22.4 Å². The smallest absolute Gasteiger partial charge is 0.128 e. The molecule has 0 saturated heterocycles. The van der Waals surface area contributed by atoms with Crippen molar-refractivity contribution in [3.05, 3.63) is 34.1 Å². The van der Waals surface area contributed by atoms with Gasteiger partial charge in [-0.3, -0.25) is 0 Å². The highest BCUT2D eigenvalue weighted by Gasteiger charge is 2.26. The normalized spacial score (nSPS) is 17.8. The summed E-state index contributed by atoms with van der Waals surface area (Å²) in [6.07, 6.45) is 3.64. The summed E-state index contributed by atoms with van der Waals surface area (Å²) in [6, 6.07) is 5.29. The first kappa shape index (κ1) is 11.1. The van der Waals surface area contributed by atoms with Gasteiger partial charge < -0.3 is 5.32 Å². The van der Waals surface area contributed by atoms with Gasteiger partial charge >= 0.3 is 0 Å². The highest BCUT2D eigenvalue weighted by Crippen LogP contribution is 2.38. The molecule has 0 bridgehead atoms. The predicted octanol–water partition coefficient (Wildman–Crippen LogP) is 3.65. The number of halogens is 2. The zero-order chi connectivity index (χ0) is 10.8. The number of nitrogens with one attached hydrogen (secondary N) is 1. The van der Waals surface area contributed by atoms with Crippen LogP contribution in [-0.2, 0) is 0 Å². The summed E-state index contributed by atoms with van der Waals surface area (Å²) in [4.78, 5) is 0. The van der Waals surface area contributed by atoms with Gasteiger partial charge in [-0.15, -0.1) is 0 Å². The Kier molecular flexibility index (Phi) is 3.42. The Morgan fingerprint density at radius 2 is 2.27 bits per heavy atom. The fourth-order valence-electron chi connectivity index (χ4n) is 1.87. The van der Waals surface area contributed by atoms with Crippen LogP contribution in [0.5, 0.6) is 0 Å². The van der Waals surface area contributed by atoms with Gasteiger partial charge in [-0.05, 0) is 37.6 Å². The quantitative estimate of drug-likeness (QED) is 0.882. The molecule has 1 nitrogen and oxygen atoms in total. The first-order chi connectivity index (χ1) is 7.20. The minimum Gasteiger partial charge on any atom is -0.313 e. The lowest BCUT2D eigenvalue weighted by Gasteiger charge is -2.17. The summed E-state index contributed by atoms with van der Waals surface area (Å²) < 4.78 is 14.6. The molecule has 0 aromatic heterocycles. The van der Waals surface area contributed by atoms with Gasteiger partial charge in [0.25, 0.3) is 0 Å². The molecule has 0 aliphatic heterocycles. The van der Waals surface area contributed by atoms with Gasteiger partial charge in [0, 0.05) is 16.1 Å². The number of benzene rings is 1. The van der Waals surface area contributed by atoms with Gasteiger partial charge in [0.15, 0.2) is 0 Å². The lowest BCUT2D eigenvalue weighted by Crippen LogP contribution is -2.18. The number of hydrogen-bond donors (Lipinski definition) is 1. The molecule has 3 heteroatoms. The van der Waals surface area contributed by atoms with E-state index in [0.29, 0.717) is 0 Å². The topological polar surface area (TPSA) is 12.0 Å². The molecule has 2 rings (SSSR count). The fraction of sp³-hybridized carbons (Fsp3) is 0.500. The highest BCUT2D eigenvalue weighted by molar-refractivity contribution is 9.10. The molecule has 0 radical (unpaired) electrons. The Labute approximate surface area is 98.2 Å². The molecular weight excluding hydrogens is 257 g/mol. The molecule has 1 aliphatic rings. The van der Waals surface area contributed by atoms with E-state index in [1.54, 1.807) is 6.07 Å². The lowest BCUT2D eigenvalue weighted by molar-refractivity contribution is 0.484. The van der Waals surface area contributed by atoms with Crippen molar-refractivity contribution >= 4 is 15.9 Å². The van der Waals surface area contributed by atoms with Crippen LogP contribution in [0.1, 0.15) is 30.9 Å². The Hall–Kier alpha value is -0.410. The van der Waals surface area contributed by atoms with Gasteiger partial charge in [0.1, 0.15) is 5.82 Å². The average Bonchev–Trinajstić information content (AvgIpc) is 3.02. The van der Waals surface area contributed by atoms with Crippen LogP contribution in [0.3, 0.4) is 0 Å². The summed E-state index contributed by atoms with van der Waals surface area (Å²) in [5.41, 5.74) is 0.777. The number of hydrogen-bond acceptors (Lipinski definition) is 1. The maximum atomic E-state index is 13.6. The second kappa shape index (κ2) is 4.62. The summed E-state index contributed by atoms with van der Waals surface area (Å²) in [5, 5.41) is 3.20. The maximum absolute atomic E-state index is 13.6. The third kappa shape index (κ3) is 2.79. The molecule has 0 spiro atoms. The van der Waals surface area contributed by atoms with Crippen molar-refractivity contribution < 1.29 is 4.39 Å². The molecule has 0 heterocycles. The summed E-state index contributed by atoms with van der Waals surface area (Å²) in [6.45, 7) is 0. The van der Waals surface area contributed by atoms with Crippen LogP contribution in [-0.4, -0.2) is 7.05 Å². The standard InChI is InChI=1S/C12H15BrFN/c1-15-12(6-8-2-3-8)10-7-9(13)4-5-11(10)14/h4-5,7-8,12,15H,2-3,6H2,1H3. The Morgan fingerprint density at radius 1 is 1.53 bits per heavy atom.